The molecule has 0 aliphatic rings. The van der Waals surface area contributed by atoms with Gasteiger partial charge in [0.05, 0.1) is 16.4 Å². The summed E-state index contributed by atoms with van der Waals surface area (Å²) in [5.74, 6) is -0.316. The van der Waals surface area contributed by atoms with Crippen molar-refractivity contribution in [2.45, 2.75) is 13.8 Å². The lowest BCUT2D eigenvalue weighted by Crippen LogP contribution is -2.18. The summed E-state index contributed by atoms with van der Waals surface area (Å²) in [6.45, 7) is 3.80. The molecule has 0 fully saturated rings. The molecule has 1 N–H and O–H groups in total. The molecule has 3 rings (SSSR count). The third kappa shape index (κ3) is 3.25. The van der Waals surface area contributed by atoms with Crippen molar-refractivity contribution >= 4 is 44.6 Å². The maximum atomic E-state index is 12.3. The Kier molecular flexibility index (Phi) is 4.41. The zero-order valence-corrected chi connectivity index (χ0v) is 14.2. The SMILES string of the molecule is CC(=NNC(=O)c1sc2cc(C)ccc2c1Cl)c1ccccn1. The van der Waals surface area contributed by atoms with Crippen LogP contribution in [0.4, 0.5) is 0 Å². The minimum atomic E-state index is -0.316. The number of fused-ring (bicyclic) bond motifs is 1. The van der Waals surface area contributed by atoms with E-state index in [2.05, 4.69) is 15.5 Å². The Morgan fingerprint density at radius 1 is 1.30 bits per heavy atom. The molecular weight excluding hydrogens is 330 g/mol. The fraction of sp³-hybridized carbons (Fsp3) is 0.118. The first kappa shape index (κ1) is 15.6. The number of hydrogen-bond acceptors (Lipinski definition) is 4. The summed E-state index contributed by atoms with van der Waals surface area (Å²) in [4.78, 5) is 17.0. The number of rotatable bonds is 3. The summed E-state index contributed by atoms with van der Waals surface area (Å²) >= 11 is 7.69. The number of hydrazone groups is 1. The number of halogens is 1. The van der Waals surface area contributed by atoms with Gasteiger partial charge in [-0.15, -0.1) is 11.3 Å². The molecule has 0 unspecified atom stereocenters. The first-order chi connectivity index (χ1) is 11.1. The average Bonchev–Trinajstić information content (AvgIpc) is 2.89. The van der Waals surface area contributed by atoms with Crippen molar-refractivity contribution in [3.05, 3.63) is 63.8 Å². The molecule has 116 valence electrons. The van der Waals surface area contributed by atoms with Gasteiger partial charge in [-0.25, -0.2) is 5.43 Å². The number of aromatic nitrogens is 1. The Morgan fingerprint density at radius 3 is 2.87 bits per heavy atom. The lowest BCUT2D eigenvalue weighted by Gasteiger charge is -2.01. The zero-order chi connectivity index (χ0) is 16.4. The van der Waals surface area contributed by atoms with Crippen molar-refractivity contribution in [1.82, 2.24) is 10.4 Å². The number of thiophene rings is 1. The number of benzene rings is 1. The second-order valence-electron chi connectivity index (χ2n) is 5.10. The molecule has 0 saturated carbocycles. The fourth-order valence-electron chi connectivity index (χ4n) is 2.14. The van der Waals surface area contributed by atoms with Crippen LogP contribution in [0.3, 0.4) is 0 Å². The second-order valence-corrected chi connectivity index (χ2v) is 6.53. The lowest BCUT2D eigenvalue weighted by atomic mass is 10.2. The Balaban J connectivity index is 1.85. The summed E-state index contributed by atoms with van der Waals surface area (Å²) < 4.78 is 0.991. The van der Waals surface area contributed by atoms with Gasteiger partial charge in [-0.3, -0.25) is 9.78 Å². The normalized spacial score (nSPS) is 11.7. The molecule has 0 atom stereocenters. The summed E-state index contributed by atoms with van der Waals surface area (Å²) in [7, 11) is 0. The summed E-state index contributed by atoms with van der Waals surface area (Å²) in [6, 6.07) is 11.5. The molecular formula is C17H14ClN3OS. The Bertz CT molecular complexity index is 903. The molecule has 3 aromatic rings. The average molecular weight is 344 g/mol. The standard InChI is InChI=1S/C17H14ClN3OS/c1-10-6-7-12-14(9-10)23-16(15(12)18)17(22)21-20-11(2)13-5-3-4-8-19-13/h3-9H,1-2H3,(H,21,22). The van der Waals surface area contributed by atoms with E-state index in [-0.39, 0.29) is 5.91 Å². The van der Waals surface area contributed by atoms with Crippen LogP contribution in [0.15, 0.2) is 47.7 Å². The van der Waals surface area contributed by atoms with Crippen LogP contribution in [0.2, 0.25) is 5.02 Å². The second kappa shape index (κ2) is 6.48. The van der Waals surface area contributed by atoms with Gasteiger partial charge < -0.3 is 0 Å². The highest BCUT2D eigenvalue weighted by atomic mass is 35.5. The van der Waals surface area contributed by atoms with Crippen molar-refractivity contribution in [1.29, 1.82) is 0 Å². The van der Waals surface area contributed by atoms with Gasteiger partial charge in [0.2, 0.25) is 0 Å². The van der Waals surface area contributed by atoms with Crippen LogP contribution in [0, 0.1) is 6.92 Å². The van der Waals surface area contributed by atoms with Gasteiger partial charge in [0.15, 0.2) is 0 Å². The first-order valence-corrected chi connectivity index (χ1v) is 8.20. The number of carbonyl (C=O) groups excluding carboxylic acids is 1. The molecule has 0 spiro atoms. The number of pyridine rings is 1. The molecule has 0 aliphatic heterocycles. The minimum Gasteiger partial charge on any atom is -0.266 e. The van der Waals surface area contributed by atoms with Crippen LogP contribution in [0.5, 0.6) is 0 Å². The largest absolute Gasteiger partial charge is 0.283 e. The van der Waals surface area contributed by atoms with Gasteiger partial charge in [0, 0.05) is 16.3 Å². The highest BCUT2D eigenvalue weighted by molar-refractivity contribution is 7.21. The van der Waals surface area contributed by atoms with Crippen LogP contribution in [0.1, 0.15) is 27.9 Å². The number of nitrogens with zero attached hydrogens (tertiary/aromatic N) is 2. The molecule has 2 aromatic heterocycles. The van der Waals surface area contributed by atoms with E-state index in [0.717, 1.165) is 15.6 Å². The number of aryl methyl sites for hydroxylation is 1. The predicted molar refractivity (Wildman–Crippen MR) is 95.5 cm³/mol. The third-order valence-corrected chi connectivity index (χ3v) is 5.01. The van der Waals surface area contributed by atoms with Crippen molar-refractivity contribution in [3.63, 3.8) is 0 Å². The molecule has 0 radical (unpaired) electrons. The third-order valence-electron chi connectivity index (χ3n) is 3.35. The first-order valence-electron chi connectivity index (χ1n) is 7.01. The predicted octanol–water partition coefficient (Wildman–Crippen LogP) is 4.41. The van der Waals surface area contributed by atoms with Gasteiger partial charge in [-0.05, 0) is 37.6 Å². The molecule has 1 aromatic carbocycles. The smallest absolute Gasteiger partial charge is 0.266 e. The molecule has 6 heteroatoms. The topological polar surface area (TPSA) is 54.4 Å². The summed E-state index contributed by atoms with van der Waals surface area (Å²) in [6.07, 6.45) is 1.68. The molecule has 1 amide bonds. The van der Waals surface area contributed by atoms with Gasteiger partial charge in [-0.2, -0.15) is 5.10 Å². The Morgan fingerprint density at radius 2 is 2.13 bits per heavy atom. The molecule has 4 nitrogen and oxygen atoms in total. The number of nitrogens with one attached hydrogen (secondary N) is 1. The van der Waals surface area contributed by atoms with Gasteiger partial charge in [-0.1, -0.05) is 29.8 Å². The van der Waals surface area contributed by atoms with E-state index in [1.807, 2.05) is 43.3 Å². The highest BCUT2D eigenvalue weighted by Crippen LogP contribution is 2.35. The molecule has 23 heavy (non-hydrogen) atoms. The van der Waals surface area contributed by atoms with Crippen LogP contribution >= 0.6 is 22.9 Å². The van der Waals surface area contributed by atoms with Crippen molar-refractivity contribution in [2.24, 2.45) is 5.10 Å². The fourth-order valence-corrected chi connectivity index (χ4v) is 3.64. The van der Waals surface area contributed by atoms with Gasteiger partial charge in [0.1, 0.15) is 4.88 Å². The van der Waals surface area contributed by atoms with Crippen LogP contribution < -0.4 is 5.43 Å². The van der Waals surface area contributed by atoms with Gasteiger partial charge in [0.25, 0.3) is 5.91 Å². The van der Waals surface area contributed by atoms with E-state index >= 15 is 0 Å². The van der Waals surface area contributed by atoms with Crippen molar-refractivity contribution in [3.8, 4) is 0 Å². The molecule has 0 saturated heterocycles. The van der Waals surface area contributed by atoms with Gasteiger partial charge >= 0.3 is 0 Å². The van der Waals surface area contributed by atoms with E-state index in [1.54, 1.807) is 13.1 Å². The molecule has 0 aliphatic carbocycles. The number of carbonyl (C=O) groups is 1. The molecule has 0 bridgehead atoms. The molecule has 2 heterocycles. The van der Waals surface area contributed by atoms with E-state index in [9.17, 15) is 4.79 Å². The van der Waals surface area contributed by atoms with E-state index < -0.39 is 0 Å². The maximum absolute atomic E-state index is 12.3. The van der Waals surface area contributed by atoms with Crippen molar-refractivity contribution < 1.29 is 4.79 Å². The van der Waals surface area contributed by atoms with Crippen LogP contribution in [-0.4, -0.2) is 16.6 Å². The highest BCUT2D eigenvalue weighted by Gasteiger charge is 2.17. The maximum Gasteiger partial charge on any atom is 0.283 e. The summed E-state index contributed by atoms with van der Waals surface area (Å²) in [5.41, 5.74) is 5.02. The monoisotopic (exact) mass is 343 g/mol. The lowest BCUT2D eigenvalue weighted by molar-refractivity contribution is 0.0959. The van der Waals surface area contributed by atoms with E-state index in [0.29, 0.717) is 21.3 Å². The quantitative estimate of drug-likeness (QED) is 0.565. The van der Waals surface area contributed by atoms with E-state index in [4.69, 9.17) is 11.6 Å². The van der Waals surface area contributed by atoms with Crippen LogP contribution in [0.25, 0.3) is 10.1 Å². The number of hydrogen-bond donors (Lipinski definition) is 1. The minimum absolute atomic E-state index is 0.316. The Labute approximate surface area is 142 Å². The summed E-state index contributed by atoms with van der Waals surface area (Å²) in [5, 5.41) is 5.45. The Hall–Kier alpha value is -2.24. The van der Waals surface area contributed by atoms with E-state index in [1.165, 1.54) is 11.3 Å². The van der Waals surface area contributed by atoms with Crippen molar-refractivity contribution in [2.75, 3.05) is 0 Å². The van der Waals surface area contributed by atoms with Crippen LogP contribution in [-0.2, 0) is 0 Å². The number of amides is 1. The zero-order valence-electron chi connectivity index (χ0n) is 12.6.